The Morgan fingerprint density at radius 3 is 2.38 bits per heavy atom. The maximum atomic E-state index is 12.7. The molecule has 8 nitrogen and oxygen atoms in total. The molecule has 1 aliphatic carbocycles. The number of ether oxygens (including phenoxy) is 4. The molecule has 1 spiro atoms. The van der Waals surface area contributed by atoms with Gasteiger partial charge in [0.15, 0.2) is 0 Å². The molecule has 2 fully saturated rings. The van der Waals surface area contributed by atoms with E-state index in [1.54, 1.807) is 13.8 Å². The molecule has 0 radical (unpaired) electrons. The molecule has 8 heteroatoms. The van der Waals surface area contributed by atoms with Gasteiger partial charge in [-0.05, 0) is 19.4 Å². The number of carbonyl (C=O) groups is 1. The molecule has 2 aliphatic rings. The fraction of sp³-hybridized carbons (Fsp3) is 0.812. The van der Waals surface area contributed by atoms with E-state index < -0.39 is 28.3 Å². The predicted molar refractivity (Wildman–Crippen MR) is 83.9 cm³/mol. The predicted octanol–water partition coefficient (Wildman–Crippen LogP) is 1.70. The second-order valence-electron chi connectivity index (χ2n) is 6.85. The van der Waals surface area contributed by atoms with Gasteiger partial charge in [-0.3, -0.25) is 10.1 Å². The lowest BCUT2D eigenvalue weighted by Crippen LogP contribution is -2.71. The summed E-state index contributed by atoms with van der Waals surface area (Å²) in [5.41, 5.74) is -2.33. The molecular formula is C16H25NO7. The number of hydrogen-bond donors (Lipinski definition) is 0. The van der Waals surface area contributed by atoms with Crippen LogP contribution in [0.1, 0.15) is 34.1 Å². The molecule has 2 unspecified atom stereocenters. The summed E-state index contributed by atoms with van der Waals surface area (Å²) in [7, 11) is 0. The quantitative estimate of drug-likeness (QED) is 0.324. The highest BCUT2D eigenvalue weighted by Crippen LogP contribution is 2.53. The molecule has 2 atom stereocenters. The van der Waals surface area contributed by atoms with E-state index in [1.807, 2.05) is 13.8 Å². The third kappa shape index (κ3) is 2.53. The Morgan fingerprint density at radius 2 is 1.92 bits per heavy atom. The molecule has 0 N–H and O–H groups in total. The highest BCUT2D eigenvalue weighted by atomic mass is 16.7. The highest BCUT2D eigenvalue weighted by molar-refractivity contribution is 5.84. The maximum absolute atomic E-state index is 12.7. The third-order valence-electron chi connectivity index (χ3n) is 4.44. The van der Waals surface area contributed by atoms with E-state index in [2.05, 4.69) is 6.58 Å². The van der Waals surface area contributed by atoms with E-state index in [4.69, 9.17) is 18.9 Å². The smallest absolute Gasteiger partial charge is 0.398 e. The molecular weight excluding hydrogens is 318 g/mol. The Bertz CT molecular complexity index is 535. The summed E-state index contributed by atoms with van der Waals surface area (Å²) in [5.74, 6) is -2.90. The van der Waals surface area contributed by atoms with Crippen LogP contribution in [0.3, 0.4) is 0 Å². The van der Waals surface area contributed by atoms with Crippen molar-refractivity contribution in [2.45, 2.75) is 51.5 Å². The fourth-order valence-electron chi connectivity index (χ4n) is 3.29. The van der Waals surface area contributed by atoms with Crippen LogP contribution in [0, 0.1) is 15.5 Å². The molecule has 0 amide bonds. The largest absolute Gasteiger partial charge is 0.460 e. The van der Waals surface area contributed by atoms with Crippen molar-refractivity contribution < 1.29 is 28.7 Å². The zero-order valence-electron chi connectivity index (χ0n) is 14.6. The van der Waals surface area contributed by atoms with Gasteiger partial charge in [0.05, 0.1) is 19.8 Å². The van der Waals surface area contributed by atoms with Crippen LogP contribution < -0.4 is 0 Å². The van der Waals surface area contributed by atoms with Crippen LogP contribution in [0.2, 0.25) is 0 Å². The number of rotatable bonds is 5. The van der Waals surface area contributed by atoms with Gasteiger partial charge in [0, 0.05) is 23.4 Å². The summed E-state index contributed by atoms with van der Waals surface area (Å²) in [6, 6.07) is 0. The van der Waals surface area contributed by atoms with Gasteiger partial charge in [-0.1, -0.05) is 20.4 Å². The van der Waals surface area contributed by atoms with Crippen molar-refractivity contribution >= 4 is 5.97 Å². The van der Waals surface area contributed by atoms with Crippen molar-refractivity contribution in [2.75, 3.05) is 26.4 Å². The lowest BCUT2D eigenvalue weighted by molar-refractivity contribution is -0.606. The SMILES string of the molecule is C=C1CC(OCC)C(C(=O)OCC)([N+](=O)[O-])C12OCC(C)(C)CO2. The zero-order chi connectivity index (χ0) is 18.2. The molecule has 136 valence electrons. The Hall–Kier alpha value is -1.51. The number of nitro groups is 1. The van der Waals surface area contributed by atoms with Crippen molar-refractivity contribution in [3.8, 4) is 0 Å². The molecule has 1 aliphatic heterocycles. The van der Waals surface area contributed by atoms with Crippen molar-refractivity contribution in [3.63, 3.8) is 0 Å². The average molecular weight is 343 g/mol. The fourth-order valence-corrected chi connectivity index (χ4v) is 3.29. The van der Waals surface area contributed by atoms with Crippen LogP contribution in [-0.4, -0.2) is 54.8 Å². The van der Waals surface area contributed by atoms with Crippen molar-refractivity contribution in [1.82, 2.24) is 0 Å². The molecule has 1 saturated carbocycles. The van der Waals surface area contributed by atoms with Crippen LogP contribution in [0.15, 0.2) is 12.2 Å². The van der Waals surface area contributed by atoms with E-state index in [0.717, 1.165) is 0 Å². The standard InChI is InChI=1S/C16H25NO7/c1-6-21-12-8-11(3)16(23-9-14(4,5)10-24-16)15(12,17(19)20)13(18)22-7-2/h12H,3,6-10H2,1-2,4-5H3. The summed E-state index contributed by atoms with van der Waals surface area (Å²) in [5, 5.41) is 12.1. The van der Waals surface area contributed by atoms with Gasteiger partial charge < -0.3 is 18.9 Å². The lowest BCUT2D eigenvalue weighted by Gasteiger charge is -2.45. The van der Waals surface area contributed by atoms with Crippen molar-refractivity contribution in [1.29, 1.82) is 0 Å². The number of hydrogen-bond acceptors (Lipinski definition) is 7. The van der Waals surface area contributed by atoms with Gasteiger partial charge in [0.25, 0.3) is 5.79 Å². The monoisotopic (exact) mass is 343 g/mol. The van der Waals surface area contributed by atoms with Gasteiger partial charge >= 0.3 is 11.5 Å². The summed E-state index contributed by atoms with van der Waals surface area (Å²) < 4.78 is 22.2. The first-order valence-corrected chi connectivity index (χ1v) is 8.07. The number of carbonyl (C=O) groups excluding carboxylic acids is 1. The molecule has 0 aromatic rings. The van der Waals surface area contributed by atoms with Crippen LogP contribution in [0.5, 0.6) is 0 Å². The van der Waals surface area contributed by atoms with E-state index >= 15 is 0 Å². The second-order valence-corrected chi connectivity index (χ2v) is 6.85. The molecule has 1 heterocycles. The van der Waals surface area contributed by atoms with Gasteiger partial charge in [-0.25, -0.2) is 4.79 Å². The van der Waals surface area contributed by atoms with Crippen molar-refractivity contribution in [2.24, 2.45) is 5.41 Å². The molecule has 24 heavy (non-hydrogen) atoms. The van der Waals surface area contributed by atoms with E-state index in [1.165, 1.54) is 0 Å². The van der Waals surface area contributed by atoms with Gasteiger partial charge in [0.1, 0.15) is 6.10 Å². The Balaban J connectivity index is 2.58. The van der Waals surface area contributed by atoms with Gasteiger partial charge in [-0.15, -0.1) is 0 Å². The Kier molecular flexibility index (Phi) is 5.03. The van der Waals surface area contributed by atoms with E-state index in [0.29, 0.717) is 5.57 Å². The summed E-state index contributed by atoms with van der Waals surface area (Å²) in [6.45, 7) is 11.6. The summed E-state index contributed by atoms with van der Waals surface area (Å²) >= 11 is 0. The zero-order valence-corrected chi connectivity index (χ0v) is 14.6. The Labute approximate surface area is 141 Å². The molecule has 0 bridgehead atoms. The first-order valence-electron chi connectivity index (χ1n) is 8.07. The topological polar surface area (TPSA) is 97.1 Å². The van der Waals surface area contributed by atoms with E-state index in [9.17, 15) is 14.9 Å². The third-order valence-corrected chi connectivity index (χ3v) is 4.44. The first-order chi connectivity index (χ1) is 11.2. The number of nitrogens with zero attached hydrogens (tertiary/aromatic N) is 1. The van der Waals surface area contributed by atoms with Crippen LogP contribution in [-0.2, 0) is 23.7 Å². The second kappa shape index (κ2) is 6.42. The van der Waals surface area contributed by atoms with Crippen LogP contribution in [0.4, 0.5) is 0 Å². The molecule has 2 rings (SSSR count). The van der Waals surface area contributed by atoms with E-state index in [-0.39, 0.29) is 38.3 Å². The summed E-state index contributed by atoms with van der Waals surface area (Å²) in [4.78, 5) is 24.2. The average Bonchev–Trinajstić information content (AvgIpc) is 2.73. The van der Waals surface area contributed by atoms with Gasteiger partial charge in [-0.2, -0.15) is 0 Å². The Morgan fingerprint density at radius 1 is 1.33 bits per heavy atom. The normalized spacial score (nSPS) is 31.2. The first kappa shape index (κ1) is 18.8. The van der Waals surface area contributed by atoms with Crippen molar-refractivity contribution in [3.05, 3.63) is 22.3 Å². The molecule has 0 aromatic heterocycles. The lowest BCUT2D eigenvalue weighted by atomic mass is 9.86. The summed E-state index contributed by atoms with van der Waals surface area (Å²) in [6.07, 6.45) is -0.973. The maximum Gasteiger partial charge on any atom is 0.398 e. The minimum absolute atomic E-state index is 0.00131. The molecule has 1 saturated heterocycles. The minimum Gasteiger partial charge on any atom is -0.460 e. The molecule has 0 aromatic carbocycles. The number of esters is 1. The van der Waals surface area contributed by atoms with Gasteiger partial charge in [0.2, 0.25) is 0 Å². The van der Waals surface area contributed by atoms with Crippen LogP contribution >= 0.6 is 0 Å². The minimum atomic E-state index is -2.33. The van der Waals surface area contributed by atoms with Crippen LogP contribution in [0.25, 0.3) is 0 Å². The highest BCUT2D eigenvalue weighted by Gasteiger charge is 2.81.